The van der Waals surface area contributed by atoms with Crippen LogP contribution in [0.3, 0.4) is 0 Å². The highest BCUT2D eigenvalue weighted by molar-refractivity contribution is 5.90. The summed E-state index contributed by atoms with van der Waals surface area (Å²) in [5.74, 6) is -1.27. The second-order valence-corrected chi connectivity index (χ2v) is 3.42. The van der Waals surface area contributed by atoms with E-state index in [0.717, 1.165) is 5.56 Å². The summed E-state index contributed by atoms with van der Waals surface area (Å²) in [6.07, 6.45) is 3.25. The zero-order chi connectivity index (χ0) is 12.3. The Morgan fingerprint density at radius 1 is 1.18 bits per heavy atom. The van der Waals surface area contributed by atoms with Crippen molar-refractivity contribution in [3.05, 3.63) is 54.1 Å². The smallest absolute Gasteiger partial charge is 0.340 e. The topological polar surface area (TPSA) is 39.2 Å². The molecule has 1 aromatic carbocycles. The van der Waals surface area contributed by atoms with Crippen LogP contribution in [0, 0.1) is 5.82 Å². The molecule has 0 bridgehead atoms. The van der Waals surface area contributed by atoms with Crippen LogP contribution in [-0.4, -0.2) is 18.1 Å². The van der Waals surface area contributed by atoms with Gasteiger partial charge in [0, 0.05) is 12.4 Å². The first-order chi connectivity index (χ1) is 8.22. The van der Waals surface area contributed by atoms with Gasteiger partial charge in [0.2, 0.25) is 0 Å². The number of carbonyl (C=O) groups is 1. The van der Waals surface area contributed by atoms with E-state index in [1.54, 1.807) is 30.6 Å². The molecule has 0 radical (unpaired) electrons. The molecule has 0 amide bonds. The van der Waals surface area contributed by atoms with Crippen LogP contribution in [0.15, 0.2) is 42.7 Å². The molecule has 17 heavy (non-hydrogen) atoms. The number of rotatable bonds is 2. The number of esters is 1. The Bertz CT molecular complexity index is 540. The van der Waals surface area contributed by atoms with Crippen LogP contribution in [0.2, 0.25) is 0 Å². The number of nitrogens with zero attached hydrogens (tertiary/aromatic N) is 1. The zero-order valence-electron chi connectivity index (χ0n) is 9.18. The van der Waals surface area contributed by atoms with E-state index in [-0.39, 0.29) is 5.56 Å². The normalized spacial score (nSPS) is 10.0. The predicted octanol–water partition coefficient (Wildman–Crippen LogP) is 2.67. The van der Waals surface area contributed by atoms with Gasteiger partial charge in [-0.2, -0.15) is 0 Å². The molecule has 0 aliphatic carbocycles. The number of halogens is 1. The van der Waals surface area contributed by atoms with E-state index in [4.69, 9.17) is 0 Å². The first-order valence-electron chi connectivity index (χ1n) is 5.00. The lowest BCUT2D eigenvalue weighted by Crippen LogP contribution is -2.04. The van der Waals surface area contributed by atoms with Crippen LogP contribution >= 0.6 is 0 Å². The molecule has 86 valence electrons. The van der Waals surface area contributed by atoms with Gasteiger partial charge in [0.05, 0.1) is 12.7 Å². The van der Waals surface area contributed by atoms with E-state index in [1.807, 2.05) is 0 Å². The van der Waals surface area contributed by atoms with Crippen molar-refractivity contribution < 1.29 is 13.9 Å². The third kappa shape index (κ3) is 2.30. The summed E-state index contributed by atoms with van der Waals surface area (Å²) in [7, 11) is 1.22. The van der Waals surface area contributed by atoms with Crippen LogP contribution in [0.1, 0.15) is 10.4 Å². The summed E-state index contributed by atoms with van der Waals surface area (Å²) in [5.41, 5.74) is 1.47. The molecule has 0 aliphatic heterocycles. The molecule has 0 spiro atoms. The van der Waals surface area contributed by atoms with Crippen molar-refractivity contribution in [2.75, 3.05) is 7.11 Å². The molecule has 0 fully saturated rings. The summed E-state index contributed by atoms with van der Waals surface area (Å²) in [6, 6.07) is 7.93. The maximum absolute atomic E-state index is 13.7. The number of aromatic nitrogens is 1. The highest BCUT2D eigenvalue weighted by Crippen LogP contribution is 2.21. The van der Waals surface area contributed by atoms with E-state index >= 15 is 0 Å². The molecule has 2 aromatic rings. The van der Waals surface area contributed by atoms with Gasteiger partial charge < -0.3 is 4.74 Å². The van der Waals surface area contributed by atoms with Crippen molar-refractivity contribution in [2.24, 2.45) is 0 Å². The van der Waals surface area contributed by atoms with Gasteiger partial charge in [0.15, 0.2) is 0 Å². The Hall–Kier alpha value is -2.23. The van der Waals surface area contributed by atoms with Gasteiger partial charge in [0.1, 0.15) is 5.82 Å². The molecule has 0 atom stereocenters. The number of hydrogen-bond donors (Lipinski definition) is 0. The number of pyridine rings is 1. The SMILES string of the molecule is COC(=O)c1ccc(-c2ccncc2)cc1F. The summed E-state index contributed by atoms with van der Waals surface area (Å²) in [4.78, 5) is 15.1. The Morgan fingerprint density at radius 2 is 1.88 bits per heavy atom. The summed E-state index contributed by atoms with van der Waals surface area (Å²) >= 11 is 0. The van der Waals surface area contributed by atoms with Crippen molar-refractivity contribution in [1.82, 2.24) is 4.98 Å². The maximum Gasteiger partial charge on any atom is 0.340 e. The van der Waals surface area contributed by atoms with E-state index in [1.165, 1.54) is 19.2 Å². The minimum atomic E-state index is -0.677. The molecule has 4 heteroatoms. The molecular formula is C13H10FNO2. The lowest BCUT2D eigenvalue weighted by Gasteiger charge is -2.04. The molecule has 0 N–H and O–H groups in total. The lowest BCUT2D eigenvalue weighted by molar-refractivity contribution is 0.0595. The average molecular weight is 231 g/mol. The number of carbonyl (C=O) groups excluding carboxylic acids is 1. The third-order valence-electron chi connectivity index (χ3n) is 2.39. The molecule has 0 saturated heterocycles. The lowest BCUT2D eigenvalue weighted by atomic mass is 10.0. The Kier molecular flexibility index (Phi) is 3.14. The highest BCUT2D eigenvalue weighted by Gasteiger charge is 2.12. The second kappa shape index (κ2) is 4.74. The Balaban J connectivity index is 2.41. The number of ether oxygens (including phenoxy) is 1. The molecule has 0 aliphatic rings. The van der Waals surface area contributed by atoms with Gasteiger partial charge in [-0.15, -0.1) is 0 Å². The van der Waals surface area contributed by atoms with Gasteiger partial charge in [-0.3, -0.25) is 4.98 Å². The Morgan fingerprint density at radius 3 is 2.47 bits per heavy atom. The van der Waals surface area contributed by atoms with Gasteiger partial charge in [-0.25, -0.2) is 9.18 Å². The molecule has 1 aromatic heterocycles. The predicted molar refractivity (Wildman–Crippen MR) is 61.0 cm³/mol. The molecule has 0 saturated carbocycles. The molecule has 2 rings (SSSR count). The van der Waals surface area contributed by atoms with Crippen molar-refractivity contribution >= 4 is 5.97 Å². The van der Waals surface area contributed by atoms with Gasteiger partial charge in [0.25, 0.3) is 0 Å². The standard InChI is InChI=1S/C13H10FNO2/c1-17-13(16)11-3-2-10(8-12(11)14)9-4-6-15-7-5-9/h2-8H,1H3. The zero-order valence-corrected chi connectivity index (χ0v) is 9.18. The van der Waals surface area contributed by atoms with Gasteiger partial charge >= 0.3 is 5.97 Å². The van der Waals surface area contributed by atoms with E-state index in [0.29, 0.717) is 5.56 Å². The number of benzene rings is 1. The number of methoxy groups -OCH3 is 1. The minimum absolute atomic E-state index is 0.0645. The monoisotopic (exact) mass is 231 g/mol. The molecule has 0 unspecified atom stereocenters. The van der Waals surface area contributed by atoms with Crippen LogP contribution in [-0.2, 0) is 4.74 Å². The van der Waals surface area contributed by atoms with Crippen LogP contribution < -0.4 is 0 Å². The summed E-state index contributed by atoms with van der Waals surface area (Å²) in [5, 5.41) is 0. The number of hydrogen-bond acceptors (Lipinski definition) is 3. The Labute approximate surface area is 97.9 Å². The van der Waals surface area contributed by atoms with Crippen molar-refractivity contribution in [3.63, 3.8) is 0 Å². The molecule has 3 nitrogen and oxygen atoms in total. The third-order valence-corrected chi connectivity index (χ3v) is 2.39. The second-order valence-electron chi connectivity index (χ2n) is 3.42. The molecule has 1 heterocycles. The summed E-state index contributed by atoms with van der Waals surface area (Å²) < 4.78 is 18.1. The fourth-order valence-electron chi connectivity index (χ4n) is 1.51. The fourth-order valence-corrected chi connectivity index (χ4v) is 1.51. The minimum Gasteiger partial charge on any atom is -0.465 e. The van der Waals surface area contributed by atoms with E-state index in [2.05, 4.69) is 9.72 Å². The molecular weight excluding hydrogens is 221 g/mol. The quantitative estimate of drug-likeness (QED) is 0.746. The van der Waals surface area contributed by atoms with Gasteiger partial charge in [-0.05, 0) is 35.4 Å². The highest BCUT2D eigenvalue weighted by atomic mass is 19.1. The first-order valence-corrected chi connectivity index (χ1v) is 5.00. The van der Waals surface area contributed by atoms with Crippen molar-refractivity contribution in [1.29, 1.82) is 0 Å². The summed E-state index contributed by atoms with van der Waals surface area (Å²) in [6.45, 7) is 0. The van der Waals surface area contributed by atoms with Crippen LogP contribution in [0.25, 0.3) is 11.1 Å². The van der Waals surface area contributed by atoms with E-state index < -0.39 is 11.8 Å². The van der Waals surface area contributed by atoms with Crippen molar-refractivity contribution in [3.8, 4) is 11.1 Å². The first kappa shape index (κ1) is 11.3. The largest absolute Gasteiger partial charge is 0.465 e. The van der Waals surface area contributed by atoms with Gasteiger partial charge in [-0.1, -0.05) is 6.07 Å². The van der Waals surface area contributed by atoms with Crippen LogP contribution in [0.5, 0.6) is 0 Å². The average Bonchev–Trinajstić information content (AvgIpc) is 2.39. The fraction of sp³-hybridized carbons (Fsp3) is 0.0769. The van der Waals surface area contributed by atoms with Crippen molar-refractivity contribution in [2.45, 2.75) is 0 Å². The van der Waals surface area contributed by atoms with E-state index in [9.17, 15) is 9.18 Å². The van der Waals surface area contributed by atoms with Crippen LogP contribution in [0.4, 0.5) is 4.39 Å². The maximum atomic E-state index is 13.7.